The van der Waals surface area contributed by atoms with Crippen molar-refractivity contribution in [3.8, 4) is 0 Å². The summed E-state index contributed by atoms with van der Waals surface area (Å²) in [6.07, 6.45) is 8.27. The monoisotopic (exact) mass is 878 g/mol. The van der Waals surface area contributed by atoms with Crippen LogP contribution in [0.1, 0.15) is 147 Å². The number of carbonyl (C=O) groups is 2. The number of ether oxygens (including phenoxy) is 2. The minimum Gasteiger partial charge on any atom is -0.466 e. The maximum absolute atomic E-state index is 12.5. The van der Waals surface area contributed by atoms with Crippen molar-refractivity contribution in [2.75, 3.05) is 78.7 Å². The van der Waals surface area contributed by atoms with Gasteiger partial charge in [-0.05, 0) is 103 Å². The molecule has 0 atom stereocenters. The Hall–Kier alpha value is -1.62. The van der Waals surface area contributed by atoms with Crippen LogP contribution in [-0.2, 0) is 51.8 Å². The molecular weight excluding hydrogens is 789 g/mol. The van der Waals surface area contributed by atoms with Crippen molar-refractivity contribution in [3.05, 3.63) is 13.2 Å². The smallest absolute Gasteiger partial charge is 0.307 e. The molecule has 0 aromatic rings. The second-order valence-corrected chi connectivity index (χ2v) is 16.9. The van der Waals surface area contributed by atoms with Gasteiger partial charge in [-0.15, -0.1) is 13.2 Å². The summed E-state index contributed by atoms with van der Waals surface area (Å²) in [7, 11) is 0. The van der Waals surface area contributed by atoms with E-state index in [0.29, 0.717) is 62.8 Å². The summed E-state index contributed by atoms with van der Waals surface area (Å²) in [6.45, 7) is 40.4. The minimum absolute atomic E-state index is 0. The summed E-state index contributed by atoms with van der Waals surface area (Å²) in [6, 6.07) is 0. The molecule has 0 saturated heterocycles. The van der Waals surface area contributed by atoms with Gasteiger partial charge >= 0.3 is 11.9 Å². The van der Waals surface area contributed by atoms with Crippen LogP contribution in [-0.4, -0.2) is 123 Å². The van der Waals surface area contributed by atoms with Crippen LogP contribution < -0.4 is 0 Å². The standard InChI is InChI=1S/C44H84N6O4.C2H4.Y/c1-35(2)31-39(9)45-19-25-49(26-20-46-40(10)32-36(3)4)23-17-43(51)53-29-15-13-14-16-30-54-44(52)18-24-50(27-21-47-41(11)33-37(5)6)28-22-48-42(12)34-38(7)8;1-2;/h35-38H,13-34H2,1-12H3;1-2H2;. The first kappa shape index (κ1) is 59.7. The molecule has 0 aromatic carbocycles. The van der Waals surface area contributed by atoms with Gasteiger partial charge in [0.2, 0.25) is 0 Å². The Bertz CT molecular complexity index is 990. The minimum atomic E-state index is -0.156. The van der Waals surface area contributed by atoms with Crippen LogP contribution in [0, 0.1) is 23.7 Å². The Kier molecular flexibility index (Phi) is 41.7. The second kappa shape index (κ2) is 39.8. The first-order chi connectivity index (χ1) is 26.6. The molecule has 11 heteroatoms. The summed E-state index contributed by atoms with van der Waals surface area (Å²) >= 11 is 0. The van der Waals surface area contributed by atoms with Crippen LogP contribution in [0.15, 0.2) is 33.1 Å². The van der Waals surface area contributed by atoms with Crippen molar-refractivity contribution in [1.82, 2.24) is 9.80 Å². The zero-order valence-electron chi connectivity index (χ0n) is 39.2. The molecule has 0 aliphatic rings. The molecule has 57 heavy (non-hydrogen) atoms. The SMILES string of the molecule is C=C.CC(CC(C)C)=NCCN(CCN=C(C)CC(C)C)CCC(=O)OCCCCCCOC(=O)CCN(CCN=C(C)CC(C)C)CCN=C(C)CC(C)C.[Y]. The summed E-state index contributed by atoms with van der Waals surface area (Å²) in [5.74, 6) is 2.09. The molecule has 0 amide bonds. The normalized spacial score (nSPS) is 12.8. The third-order valence-corrected chi connectivity index (χ3v) is 8.84. The molecule has 0 rings (SSSR count). The van der Waals surface area contributed by atoms with Crippen molar-refractivity contribution in [2.24, 2.45) is 43.6 Å². The topological polar surface area (TPSA) is 109 Å². The molecule has 0 heterocycles. The predicted molar refractivity (Wildman–Crippen MR) is 243 cm³/mol. The molecule has 0 aliphatic carbocycles. The van der Waals surface area contributed by atoms with Gasteiger partial charge in [0.15, 0.2) is 0 Å². The second-order valence-electron chi connectivity index (χ2n) is 16.9. The van der Waals surface area contributed by atoms with Crippen LogP contribution in [0.4, 0.5) is 0 Å². The van der Waals surface area contributed by atoms with E-state index in [4.69, 9.17) is 29.4 Å². The first-order valence-corrected chi connectivity index (χ1v) is 21.8. The molecule has 0 N–H and O–H groups in total. The van der Waals surface area contributed by atoms with Gasteiger partial charge in [0.05, 0.1) is 52.2 Å². The predicted octanol–water partition coefficient (Wildman–Crippen LogP) is 9.85. The van der Waals surface area contributed by atoms with E-state index in [1.165, 1.54) is 22.8 Å². The van der Waals surface area contributed by atoms with Crippen LogP contribution in [0.5, 0.6) is 0 Å². The Morgan fingerprint density at radius 1 is 0.456 bits per heavy atom. The Labute approximate surface area is 377 Å². The van der Waals surface area contributed by atoms with E-state index in [1.807, 2.05) is 0 Å². The molecule has 10 nitrogen and oxygen atoms in total. The Morgan fingerprint density at radius 3 is 0.930 bits per heavy atom. The van der Waals surface area contributed by atoms with Crippen molar-refractivity contribution >= 4 is 34.8 Å². The maximum atomic E-state index is 12.5. The van der Waals surface area contributed by atoms with Crippen molar-refractivity contribution in [3.63, 3.8) is 0 Å². The third kappa shape index (κ3) is 42.3. The van der Waals surface area contributed by atoms with Crippen LogP contribution in [0.25, 0.3) is 0 Å². The number of nitrogens with zero attached hydrogens (tertiary/aromatic N) is 6. The quantitative estimate of drug-likeness (QED) is 0.0281. The van der Waals surface area contributed by atoms with Crippen molar-refractivity contribution < 1.29 is 51.8 Å². The van der Waals surface area contributed by atoms with Crippen LogP contribution in [0.3, 0.4) is 0 Å². The summed E-state index contributed by atoms with van der Waals surface area (Å²) in [5.41, 5.74) is 4.74. The van der Waals surface area contributed by atoms with E-state index in [2.05, 4.69) is 106 Å². The molecule has 0 saturated carbocycles. The number of rotatable bonds is 33. The van der Waals surface area contributed by atoms with E-state index in [-0.39, 0.29) is 44.6 Å². The fraction of sp³-hybridized carbons (Fsp3) is 0.826. The van der Waals surface area contributed by atoms with Gasteiger partial charge in [-0.25, -0.2) is 0 Å². The number of hydrogen-bond donors (Lipinski definition) is 0. The Morgan fingerprint density at radius 2 is 0.702 bits per heavy atom. The molecule has 0 spiro atoms. The van der Waals surface area contributed by atoms with Gasteiger partial charge in [-0.3, -0.25) is 39.4 Å². The molecule has 329 valence electrons. The van der Waals surface area contributed by atoms with Gasteiger partial charge in [-0.1, -0.05) is 55.4 Å². The van der Waals surface area contributed by atoms with E-state index in [0.717, 1.165) is 104 Å². The van der Waals surface area contributed by atoms with Crippen LogP contribution >= 0.6 is 0 Å². The van der Waals surface area contributed by atoms with E-state index < -0.39 is 0 Å². The fourth-order valence-corrected chi connectivity index (χ4v) is 6.39. The van der Waals surface area contributed by atoms with Gasteiger partial charge in [0, 0.05) is 94.8 Å². The molecule has 0 bridgehead atoms. The van der Waals surface area contributed by atoms with E-state index in [9.17, 15) is 9.59 Å². The summed E-state index contributed by atoms with van der Waals surface area (Å²) in [4.78, 5) is 48.7. The van der Waals surface area contributed by atoms with Gasteiger partial charge in [-0.2, -0.15) is 0 Å². The summed E-state index contributed by atoms with van der Waals surface area (Å²) in [5, 5.41) is 0. The number of unbranched alkanes of at least 4 members (excludes halogenated alkanes) is 3. The molecule has 0 aromatic heterocycles. The Balaban J connectivity index is -0.00000955. The molecule has 0 fully saturated rings. The summed E-state index contributed by atoms with van der Waals surface area (Å²) < 4.78 is 11.1. The van der Waals surface area contributed by atoms with Crippen LogP contribution in [0.2, 0.25) is 0 Å². The van der Waals surface area contributed by atoms with E-state index in [1.54, 1.807) is 0 Å². The molecule has 0 aliphatic heterocycles. The fourth-order valence-electron chi connectivity index (χ4n) is 6.39. The zero-order chi connectivity index (χ0) is 42.7. The first-order valence-electron chi connectivity index (χ1n) is 21.8. The number of carbonyl (C=O) groups excluding carboxylic acids is 2. The zero-order valence-corrected chi connectivity index (χ0v) is 42.0. The number of esters is 2. The molecule has 0 unspecified atom stereocenters. The maximum Gasteiger partial charge on any atom is 0.307 e. The number of hydrogen-bond acceptors (Lipinski definition) is 10. The average Bonchev–Trinajstić information content (AvgIpc) is 3.09. The van der Waals surface area contributed by atoms with Crippen molar-refractivity contribution in [1.29, 1.82) is 0 Å². The molecule has 1 radical (unpaired) electrons. The van der Waals surface area contributed by atoms with E-state index >= 15 is 0 Å². The third-order valence-electron chi connectivity index (χ3n) is 8.84. The number of aliphatic imine (C=N–C) groups is 4. The van der Waals surface area contributed by atoms with Gasteiger partial charge in [0.25, 0.3) is 0 Å². The van der Waals surface area contributed by atoms with Gasteiger partial charge < -0.3 is 9.47 Å². The van der Waals surface area contributed by atoms with Gasteiger partial charge in [0.1, 0.15) is 0 Å². The average molecular weight is 878 g/mol. The largest absolute Gasteiger partial charge is 0.466 e. The molecular formula is C46H88N6O4Y. The van der Waals surface area contributed by atoms with Crippen molar-refractivity contribution in [2.45, 2.75) is 147 Å².